The quantitative estimate of drug-likeness (QED) is 0.578. The molecule has 1 aromatic heterocycles. The maximum absolute atomic E-state index is 6.11. The van der Waals surface area contributed by atoms with Crippen LogP contribution in [0.5, 0.6) is 11.7 Å². The van der Waals surface area contributed by atoms with E-state index in [0.717, 1.165) is 40.4 Å². The number of fused-ring (bicyclic) bond motifs is 2. The SMILES string of the molecule is CCc1oc2c(c1-c1ccccc1)N(C(C)C)c1ccccc1O2. The first-order valence-corrected chi connectivity index (χ1v) is 8.48. The number of hydrogen-bond donors (Lipinski definition) is 0. The lowest BCUT2D eigenvalue weighted by molar-refractivity contribution is 0.329. The van der Waals surface area contributed by atoms with Gasteiger partial charge in [-0.25, -0.2) is 0 Å². The topological polar surface area (TPSA) is 25.6 Å². The summed E-state index contributed by atoms with van der Waals surface area (Å²) in [5.41, 5.74) is 4.41. The lowest BCUT2D eigenvalue weighted by atomic mass is 10.0. The lowest BCUT2D eigenvalue weighted by Crippen LogP contribution is -2.28. The van der Waals surface area contributed by atoms with Gasteiger partial charge in [-0.3, -0.25) is 0 Å². The van der Waals surface area contributed by atoms with Gasteiger partial charge in [0.2, 0.25) is 0 Å². The van der Waals surface area contributed by atoms with Gasteiger partial charge in [0, 0.05) is 12.5 Å². The Morgan fingerprint density at radius 3 is 2.38 bits per heavy atom. The minimum Gasteiger partial charge on any atom is -0.428 e. The third-order valence-electron chi connectivity index (χ3n) is 4.39. The summed E-state index contributed by atoms with van der Waals surface area (Å²) >= 11 is 0. The van der Waals surface area contributed by atoms with Crippen molar-refractivity contribution in [1.29, 1.82) is 0 Å². The molecule has 4 rings (SSSR count). The molecule has 0 fully saturated rings. The summed E-state index contributed by atoms with van der Waals surface area (Å²) in [5, 5.41) is 0. The number of hydrogen-bond acceptors (Lipinski definition) is 3. The average molecular weight is 319 g/mol. The minimum absolute atomic E-state index is 0.290. The molecule has 0 saturated carbocycles. The molecular weight excluding hydrogens is 298 g/mol. The van der Waals surface area contributed by atoms with Gasteiger partial charge in [-0.1, -0.05) is 49.4 Å². The fraction of sp³-hybridized carbons (Fsp3) is 0.238. The van der Waals surface area contributed by atoms with Crippen molar-refractivity contribution in [3.63, 3.8) is 0 Å². The molecule has 0 radical (unpaired) electrons. The van der Waals surface area contributed by atoms with Crippen LogP contribution in [0.3, 0.4) is 0 Å². The first-order valence-electron chi connectivity index (χ1n) is 8.48. The Bertz CT molecular complexity index is 865. The molecule has 0 bridgehead atoms. The molecule has 1 aliphatic rings. The van der Waals surface area contributed by atoms with Crippen LogP contribution < -0.4 is 9.64 Å². The van der Waals surface area contributed by atoms with Gasteiger partial charge < -0.3 is 14.1 Å². The van der Waals surface area contributed by atoms with Crippen molar-refractivity contribution >= 4 is 11.4 Å². The number of para-hydroxylation sites is 2. The summed E-state index contributed by atoms with van der Waals surface area (Å²) in [5.74, 6) is 2.40. The molecule has 2 aromatic carbocycles. The normalized spacial score (nSPS) is 12.8. The second kappa shape index (κ2) is 5.75. The smallest absolute Gasteiger partial charge is 0.315 e. The summed E-state index contributed by atoms with van der Waals surface area (Å²) in [6.45, 7) is 6.50. The van der Waals surface area contributed by atoms with Crippen molar-refractivity contribution in [2.45, 2.75) is 33.2 Å². The molecule has 3 nitrogen and oxygen atoms in total. The van der Waals surface area contributed by atoms with E-state index in [1.807, 2.05) is 24.3 Å². The summed E-state index contributed by atoms with van der Waals surface area (Å²) in [6.07, 6.45) is 0.822. The van der Waals surface area contributed by atoms with E-state index in [4.69, 9.17) is 9.15 Å². The average Bonchev–Trinajstić information content (AvgIpc) is 2.97. The molecule has 24 heavy (non-hydrogen) atoms. The molecule has 1 aliphatic heterocycles. The molecule has 0 aliphatic carbocycles. The van der Waals surface area contributed by atoms with Crippen LogP contribution in [-0.2, 0) is 6.42 Å². The molecule has 0 atom stereocenters. The van der Waals surface area contributed by atoms with Gasteiger partial charge in [-0.2, -0.15) is 0 Å². The monoisotopic (exact) mass is 319 g/mol. The van der Waals surface area contributed by atoms with E-state index < -0.39 is 0 Å². The van der Waals surface area contributed by atoms with Gasteiger partial charge in [-0.05, 0) is 31.5 Å². The number of anilines is 2. The summed E-state index contributed by atoms with van der Waals surface area (Å²) in [7, 11) is 0. The van der Waals surface area contributed by atoms with Crippen molar-refractivity contribution in [2.75, 3.05) is 4.90 Å². The number of aryl methyl sites for hydroxylation is 1. The third kappa shape index (κ3) is 2.20. The Hall–Kier alpha value is -2.68. The Balaban J connectivity index is 1.99. The second-order valence-corrected chi connectivity index (χ2v) is 6.29. The standard InChI is InChI=1S/C21H21NO2/c1-4-17-19(15-10-6-5-7-11-15)20-21(23-17)24-18-13-9-8-12-16(18)22(20)14(2)3/h5-14H,4H2,1-3H3. The van der Waals surface area contributed by atoms with Crippen molar-refractivity contribution in [2.24, 2.45) is 0 Å². The van der Waals surface area contributed by atoms with E-state index in [2.05, 4.69) is 56.0 Å². The second-order valence-electron chi connectivity index (χ2n) is 6.29. The number of nitrogens with zero attached hydrogens (tertiary/aromatic N) is 1. The predicted molar refractivity (Wildman–Crippen MR) is 97.3 cm³/mol. The Morgan fingerprint density at radius 1 is 0.958 bits per heavy atom. The van der Waals surface area contributed by atoms with Crippen LogP contribution in [0, 0.1) is 0 Å². The van der Waals surface area contributed by atoms with Crippen LogP contribution in [0.25, 0.3) is 11.1 Å². The predicted octanol–water partition coefficient (Wildman–Crippen LogP) is 6.16. The third-order valence-corrected chi connectivity index (χ3v) is 4.39. The van der Waals surface area contributed by atoms with Gasteiger partial charge >= 0.3 is 5.95 Å². The minimum atomic E-state index is 0.290. The zero-order valence-electron chi connectivity index (χ0n) is 14.2. The first kappa shape index (κ1) is 14.9. The molecule has 3 heteroatoms. The van der Waals surface area contributed by atoms with E-state index in [1.165, 1.54) is 0 Å². The van der Waals surface area contributed by atoms with Crippen LogP contribution in [0.1, 0.15) is 26.5 Å². The van der Waals surface area contributed by atoms with E-state index in [0.29, 0.717) is 12.0 Å². The summed E-state index contributed by atoms with van der Waals surface area (Å²) in [4.78, 5) is 2.32. The molecule has 2 heterocycles. The molecule has 3 aromatic rings. The Kier molecular flexibility index (Phi) is 3.57. The molecule has 0 N–H and O–H groups in total. The largest absolute Gasteiger partial charge is 0.428 e. The van der Waals surface area contributed by atoms with Crippen molar-refractivity contribution in [3.05, 3.63) is 60.4 Å². The molecule has 0 saturated heterocycles. The highest BCUT2D eigenvalue weighted by molar-refractivity contribution is 5.90. The van der Waals surface area contributed by atoms with E-state index in [1.54, 1.807) is 0 Å². The van der Waals surface area contributed by atoms with Gasteiger partial charge in [0.1, 0.15) is 11.4 Å². The number of benzene rings is 2. The van der Waals surface area contributed by atoms with Crippen LogP contribution in [-0.4, -0.2) is 6.04 Å². The van der Waals surface area contributed by atoms with E-state index in [9.17, 15) is 0 Å². The van der Waals surface area contributed by atoms with Crippen LogP contribution in [0.2, 0.25) is 0 Å². The molecule has 122 valence electrons. The van der Waals surface area contributed by atoms with E-state index >= 15 is 0 Å². The zero-order valence-corrected chi connectivity index (χ0v) is 14.2. The van der Waals surface area contributed by atoms with Crippen LogP contribution in [0.4, 0.5) is 11.4 Å². The van der Waals surface area contributed by atoms with Gasteiger partial charge in [0.25, 0.3) is 0 Å². The highest BCUT2D eigenvalue weighted by Gasteiger charge is 2.34. The highest BCUT2D eigenvalue weighted by Crippen LogP contribution is 2.54. The van der Waals surface area contributed by atoms with Crippen LogP contribution >= 0.6 is 0 Å². The van der Waals surface area contributed by atoms with Gasteiger partial charge in [0.05, 0.1) is 11.3 Å². The number of ether oxygens (including phenoxy) is 1. The molecule has 0 unspecified atom stereocenters. The zero-order chi connectivity index (χ0) is 16.7. The maximum atomic E-state index is 6.11. The fourth-order valence-corrected chi connectivity index (χ4v) is 3.38. The number of furan rings is 1. The first-order chi connectivity index (χ1) is 11.7. The molecular formula is C21H21NO2. The van der Waals surface area contributed by atoms with E-state index in [-0.39, 0.29) is 0 Å². The molecule has 0 spiro atoms. The van der Waals surface area contributed by atoms with Crippen LogP contribution in [0.15, 0.2) is 59.0 Å². The lowest BCUT2D eigenvalue weighted by Gasteiger charge is -2.33. The fourth-order valence-electron chi connectivity index (χ4n) is 3.38. The van der Waals surface area contributed by atoms with Gasteiger partial charge in [-0.15, -0.1) is 0 Å². The van der Waals surface area contributed by atoms with Crippen molar-refractivity contribution < 1.29 is 9.15 Å². The number of rotatable bonds is 3. The Morgan fingerprint density at radius 2 is 1.67 bits per heavy atom. The summed E-state index contributed by atoms with van der Waals surface area (Å²) in [6, 6.07) is 18.8. The highest BCUT2D eigenvalue weighted by atomic mass is 16.6. The molecule has 0 amide bonds. The summed E-state index contributed by atoms with van der Waals surface area (Å²) < 4.78 is 12.2. The van der Waals surface area contributed by atoms with Crippen molar-refractivity contribution in [1.82, 2.24) is 0 Å². The maximum Gasteiger partial charge on any atom is 0.315 e. The van der Waals surface area contributed by atoms with Crippen molar-refractivity contribution in [3.8, 4) is 22.8 Å². The Labute approximate surface area is 142 Å². The van der Waals surface area contributed by atoms with Gasteiger partial charge in [0.15, 0.2) is 5.75 Å².